The SMILES string of the molecule is O=C(O)C1(C(=O)N2CCO[C@@H](c3ccsc3)C2)CC1. The summed E-state index contributed by atoms with van der Waals surface area (Å²) in [5.74, 6) is -1.24. The number of carboxylic acids is 1. The Hall–Kier alpha value is -1.40. The molecule has 0 spiro atoms. The highest BCUT2D eigenvalue weighted by molar-refractivity contribution is 7.07. The zero-order valence-corrected chi connectivity index (χ0v) is 11.2. The van der Waals surface area contributed by atoms with E-state index in [2.05, 4.69) is 0 Å². The molecule has 2 fully saturated rings. The van der Waals surface area contributed by atoms with Gasteiger partial charge in [0.25, 0.3) is 0 Å². The molecule has 0 unspecified atom stereocenters. The van der Waals surface area contributed by atoms with Gasteiger partial charge < -0.3 is 14.7 Å². The van der Waals surface area contributed by atoms with E-state index in [1.54, 1.807) is 16.2 Å². The van der Waals surface area contributed by atoms with Crippen molar-refractivity contribution in [3.63, 3.8) is 0 Å². The van der Waals surface area contributed by atoms with Crippen molar-refractivity contribution in [2.45, 2.75) is 18.9 Å². The Morgan fingerprint density at radius 2 is 2.26 bits per heavy atom. The van der Waals surface area contributed by atoms with Gasteiger partial charge in [-0.15, -0.1) is 0 Å². The summed E-state index contributed by atoms with van der Waals surface area (Å²) in [5, 5.41) is 13.2. The molecule has 1 N–H and O–H groups in total. The molecular weight excluding hydrogens is 266 g/mol. The number of carbonyl (C=O) groups excluding carboxylic acids is 1. The minimum absolute atomic E-state index is 0.131. The topological polar surface area (TPSA) is 66.8 Å². The maximum Gasteiger partial charge on any atom is 0.319 e. The van der Waals surface area contributed by atoms with Crippen molar-refractivity contribution in [3.05, 3.63) is 22.4 Å². The molecule has 1 aromatic rings. The summed E-state index contributed by atoms with van der Waals surface area (Å²) in [5.41, 5.74) is -0.0843. The fourth-order valence-electron chi connectivity index (χ4n) is 2.44. The molecule has 6 heteroatoms. The van der Waals surface area contributed by atoms with Crippen LogP contribution in [0, 0.1) is 5.41 Å². The molecule has 5 nitrogen and oxygen atoms in total. The average molecular weight is 281 g/mol. The third kappa shape index (κ3) is 2.15. The number of ether oxygens (including phenoxy) is 1. The Bertz CT molecular complexity index is 495. The summed E-state index contributed by atoms with van der Waals surface area (Å²) in [6.45, 7) is 1.39. The number of aliphatic carboxylic acids is 1. The Morgan fingerprint density at radius 3 is 2.84 bits per heavy atom. The van der Waals surface area contributed by atoms with Gasteiger partial charge in [-0.1, -0.05) is 0 Å². The molecule has 2 aliphatic rings. The number of hydrogen-bond acceptors (Lipinski definition) is 4. The highest BCUT2D eigenvalue weighted by atomic mass is 32.1. The molecule has 1 saturated carbocycles. The first kappa shape index (κ1) is 12.6. The number of nitrogens with zero attached hydrogens (tertiary/aromatic N) is 1. The quantitative estimate of drug-likeness (QED) is 0.853. The molecule has 3 rings (SSSR count). The van der Waals surface area contributed by atoms with Crippen LogP contribution in [0.3, 0.4) is 0 Å². The lowest BCUT2D eigenvalue weighted by atomic mass is 10.0. The molecule has 1 amide bonds. The van der Waals surface area contributed by atoms with Gasteiger partial charge in [-0.05, 0) is 35.2 Å². The molecule has 2 heterocycles. The van der Waals surface area contributed by atoms with Crippen LogP contribution in [0.15, 0.2) is 16.8 Å². The first-order valence-corrected chi connectivity index (χ1v) is 7.24. The van der Waals surface area contributed by atoms with Gasteiger partial charge in [0, 0.05) is 6.54 Å². The summed E-state index contributed by atoms with van der Waals surface area (Å²) in [6, 6.07) is 1.98. The number of thiophene rings is 1. The number of carboxylic acid groups (broad SMARTS) is 1. The van der Waals surface area contributed by atoms with Gasteiger partial charge >= 0.3 is 5.97 Å². The van der Waals surface area contributed by atoms with Gasteiger partial charge in [0.2, 0.25) is 5.91 Å². The number of rotatable bonds is 3. The Balaban J connectivity index is 1.72. The summed E-state index contributed by atoms with van der Waals surface area (Å²) in [6.07, 6.45) is 0.789. The molecule has 0 bridgehead atoms. The molecule has 19 heavy (non-hydrogen) atoms. The van der Waals surface area contributed by atoms with E-state index >= 15 is 0 Å². The lowest BCUT2D eigenvalue weighted by molar-refractivity contribution is -0.157. The Kier molecular flexibility index (Phi) is 3.06. The van der Waals surface area contributed by atoms with Crippen molar-refractivity contribution >= 4 is 23.2 Å². The van der Waals surface area contributed by atoms with Crippen LogP contribution in [0.5, 0.6) is 0 Å². The molecule has 1 saturated heterocycles. The van der Waals surface area contributed by atoms with Gasteiger partial charge in [0.1, 0.15) is 11.5 Å². The standard InChI is InChI=1S/C13H15NO4S/c15-11(13(2-3-13)12(16)17)14-4-5-18-10(7-14)9-1-6-19-8-9/h1,6,8,10H,2-5,7H2,(H,16,17)/t10-/m1/s1. The van der Waals surface area contributed by atoms with Crippen LogP contribution < -0.4 is 0 Å². The average Bonchev–Trinajstić information content (AvgIpc) is 3.06. The van der Waals surface area contributed by atoms with Crippen molar-refractivity contribution in [3.8, 4) is 0 Å². The van der Waals surface area contributed by atoms with Crippen molar-refractivity contribution in [1.82, 2.24) is 4.90 Å². The molecule has 1 aliphatic heterocycles. The first-order valence-electron chi connectivity index (χ1n) is 6.30. The maximum atomic E-state index is 12.3. The van der Waals surface area contributed by atoms with E-state index in [-0.39, 0.29) is 12.0 Å². The van der Waals surface area contributed by atoms with Gasteiger partial charge in [0.15, 0.2) is 0 Å². The summed E-state index contributed by atoms with van der Waals surface area (Å²) < 4.78 is 5.66. The Labute approximate surface area is 114 Å². The van der Waals surface area contributed by atoms with E-state index in [9.17, 15) is 14.7 Å². The minimum atomic E-state index is -1.14. The van der Waals surface area contributed by atoms with Crippen LogP contribution in [0.4, 0.5) is 0 Å². The van der Waals surface area contributed by atoms with Gasteiger partial charge in [-0.2, -0.15) is 11.3 Å². The van der Waals surface area contributed by atoms with Crippen molar-refractivity contribution < 1.29 is 19.4 Å². The van der Waals surface area contributed by atoms with Crippen LogP contribution in [-0.4, -0.2) is 41.6 Å². The van der Waals surface area contributed by atoms with E-state index in [1.807, 2.05) is 16.8 Å². The van der Waals surface area contributed by atoms with Crippen LogP contribution in [0.2, 0.25) is 0 Å². The summed E-state index contributed by atoms with van der Waals surface area (Å²) >= 11 is 1.59. The number of hydrogen-bond donors (Lipinski definition) is 1. The van der Waals surface area contributed by atoms with E-state index in [0.717, 1.165) is 5.56 Å². The van der Waals surface area contributed by atoms with Crippen LogP contribution in [0.1, 0.15) is 24.5 Å². The van der Waals surface area contributed by atoms with Gasteiger partial charge in [-0.3, -0.25) is 9.59 Å². The predicted molar refractivity (Wildman–Crippen MR) is 68.9 cm³/mol. The molecule has 0 aromatic carbocycles. The largest absolute Gasteiger partial charge is 0.480 e. The van der Waals surface area contributed by atoms with Crippen LogP contribution in [0.25, 0.3) is 0 Å². The monoisotopic (exact) mass is 281 g/mol. The van der Waals surface area contributed by atoms with Crippen molar-refractivity contribution in [1.29, 1.82) is 0 Å². The molecule has 1 aromatic heterocycles. The fraction of sp³-hybridized carbons (Fsp3) is 0.538. The smallest absolute Gasteiger partial charge is 0.319 e. The maximum absolute atomic E-state index is 12.3. The third-order valence-electron chi connectivity index (χ3n) is 3.84. The number of amides is 1. The normalized spacial score (nSPS) is 25.1. The summed E-state index contributed by atoms with van der Waals surface area (Å²) in [4.78, 5) is 25.2. The molecule has 102 valence electrons. The lowest BCUT2D eigenvalue weighted by Gasteiger charge is -2.34. The van der Waals surface area contributed by atoms with E-state index in [4.69, 9.17) is 4.74 Å². The summed E-state index contributed by atoms with van der Waals surface area (Å²) in [7, 11) is 0. The third-order valence-corrected chi connectivity index (χ3v) is 4.54. The van der Waals surface area contributed by atoms with Crippen molar-refractivity contribution in [2.75, 3.05) is 19.7 Å². The second kappa shape index (κ2) is 4.61. The van der Waals surface area contributed by atoms with E-state index in [1.165, 1.54) is 0 Å². The zero-order valence-electron chi connectivity index (χ0n) is 10.4. The van der Waals surface area contributed by atoms with Crippen LogP contribution >= 0.6 is 11.3 Å². The molecule has 1 atom stereocenters. The van der Waals surface area contributed by atoms with Crippen molar-refractivity contribution in [2.24, 2.45) is 5.41 Å². The zero-order chi connectivity index (χ0) is 13.5. The number of carbonyl (C=O) groups is 2. The molecule has 0 radical (unpaired) electrons. The van der Waals surface area contributed by atoms with E-state index in [0.29, 0.717) is 32.5 Å². The highest BCUT2D eigenvalue weighted by Crippen LogP contribution is 2.48. The second-order valence-electron chi connectivity index (χ2n) is 5.05. The number of morpholine rings is 1. The van der Waals surface area contributed by atoms with Gasteiger partial charge in [0.05, 0.1) is 13.2 Å². The molecule has 1 aliphatic carbocycles. The second-order valence-corrected chi connectivity index (χ2v) is 5.83. The predicted octanol–water partition coefficient (Wildman–Crippen LogP) is 1.51. The van der Waals surface area contributed by atoms with Crippen LogP contribution in [-0.2, 0) is 14.3 Å². The lowest BCUT2D eigenvalue weighted by Crippen LogP contribution is -2.47. The Morgan fingerprint density at radius 1 is 1.47 bits per heavy atom. The fourth-order valence-corrected chi connectivity index (χ4v) is 3.14. The molecular formula is C13H15NO4S. The van der Waals surface area contributed by atoms with Gasteiger partial charge in [-0.25, -0.2) is 0 Å². The van der Waals surface area contributed by atoms with E-state index < -0.39 is 11.4 Å². The minimum Gasteiger partial charge on any atom is -0.480 e. The first-order chi connectivity index (χ1) is 9.13. The highest BCUT2D eigenvalue weighted by Gasteiger charge is 2.58.